The van der Waals surface area contributed by atoms with Gasteiger partial charge in [0.1, 0.15) is 11.5 Å². The van der Waals surface area contributed by atoms with Crippen LogP contribution in [0.1, 0.15) is 50.3 Å². The number of rotatable bonds is 4. The molecule has 1 aromatic rings. The third-order valence-electron chi connectivity index (χ3n) is 5.57. The first kappa shape index (κ1) is 16.0. The molecule has 122 valence electrons. The van der Waals surface area contributed by atoms with E-state index in [9.17, 15) is 4.79 Å². The lowest BCUT2D eigenvalue weighted by Gasteiger charge is -2.36. The van der Waals surface area contributed by atoms with Crippen LogP contribution in [0.3, 0.4) is 0 Å². The monoisotopic (exact) mass is 321 g/mol. The highest BCUT2D eigenvalue weighted by atomic mass is 32.1. The van der Waals surface area contributed by atoms with Crippen LogP contribution in [0.15, 0.2) is 17.5 Å². The Morgan fingerprint density at radius 3 is 2.55 bits per heavy atom. The van der Waals surface area contributed by atoms with Crippen molar-refractivity contribution in [1.29, 1.82) is 0 Å². The number of likely N-dealkylation sites (tertiary alicyclic amines) is 1. The van der Waals surface area contributed by atoms with Gasteiger partial charge in [0.2, 0.25) is 0 Å². The molecular formula is C18H27NO2S. The van der Waals surface area contributed by atoms with Crippen LogP contribution < -0.4 is 0 Å². The Morgan fingerprint density at radius 2 is 1.95 bits per heavy atom. The first-order valence-corrected chi connectivity index (χ1v) is 9.42. The van der Waals surface area contributed by atoms with Gasteiger partial charge in [0.05, 0.1) is 0 Å². The number of hydrogen-bond acceptors (Lipinski definition) is 4. The van der Waals surface area contributed by atoms with Crippen LogP contribution in [0.2, 0.25) is 0 Å². The third-order valence-corrected chi connectivity index (χ3v) is 6.68. The van der Waals surface area contributed by atoms with Gasteiger partial charge in [-0.05, 0) is 57.0 Å². The molecule has 2 aliphatic rings. The maximum Gasteiger partial charge on any atom is 0.317 e. The highest BCUT2D eigenvalue weighted by Crippen LogP contribution is 2.45. The number of thiophene rings is 1. The van der Waals surface area contributed by atoms with Crippen molar-refractivity contribution in [3.05, 3.63) is 22.4 Å². The summed E-state index contributed by atoms with van der Waals surface area (Å²) in [7, 11) is 2.13. The number of nitrogens with zero attached hydrogens (tertiary/aromatic N) is 1. The molecule has 1 aromatic heterocycles. The summed E-state index contributed by atoms with van der Waals surface area (Å²) in [6, 6.07) is 4.16. The Morgan fingerprint density at radius 1 is 1.27 bits per heavy atom. The maximum atomic E-state index is 13.1. The number of carbonyl (C=O) groups is 1. The van der Waals surface area contributed by atoms with Gasteiger partial charge in [-0.2, -0.15) is 0 Å². The van der Waals surface area contributed by atoms with Crippen molar-refractivity contribution in [2.45, 2.75) is 57.0 Å². The Balaban J connectivity index is 1.75. The second-order valence-electron chi connectivity index (χ2n) is 7.07. The molecule has 0 radical (unpaired) electrons. The molecule has 1 saturated carbocycles. The van der Waals surface area contributed by atoms with Crippen LogP contribution in [0.5, 0.6) is 0 Å². The normalized spacial score (nSPS) is 24.3. The van der Waals surface area contributed by atoms with Crippen LogP contribution in [0.4, 0.5) is 0 Å². The van der Waals surface area contributed by atoms with Crippen molar-refractivity contribution >= 4 is 17.3 Å². The standard InChI is InChI=1S/C18H27NO2S/c1-18(14-6-3-4-7-14,16-8-5-13-22-16)17(20)21-15-9-11-19(2)12-10-15/h5,8,13-15H,3-4,6-7,9-12H2,1-2H3. The molecule has 1 aliphatic heterocycles. The lowest BCUT2D eigenvalue weighted by Crippen LogP contribution is -2.44. The molecule has 2 fully saturated rings. The number of piperidine rings is 1. The number of carbonyl (C=O) groups excluding carboxylic acids is 1. The number of hydrogen-bond donors (Lipinski definition) is 0. The van der Waals surface area contributed by atoms with Crippen molar-refractivity contribution in [3.63, 3.8) is 0 Å². The van der Waals surface area contributed by atoms with Gasteiger partial charge in [-0.25, -0.2) is 0 Å². The van der Waals surface area contributed by atoms with E-state index in [2.05, 4.69) is 36.4 Å². The summed E-state index contributed by atoms with van der Waals surface area (Å²) in [5, 5.41) is 2.07. The Bertz CT molecular complexity index is 487. The second kappa shape index (κ2) is 6.71. The average molecular weight is 321 g/mol. The van der Waals surface area contributed by atoms with Crippen LogP contribution in [0.25, 0.3) is 0 Å². The van der Waals surface area contributed by atoms with Crippen LogP contribution in [0, 0.1) is 5.92 Å². The lowest BCUT2D eigenvalue weighted by atomic mass is 9.74. The predicted molar refractivity (Wildman–Crippen MR) is 90.2 cm³/mol. The van der Waals surface area contributed by atoms with E-state index in [-0.39, 0.29) is 12.1 Å². The van der Waals surface area contributed by atoms with Crippen molar-refractivity contribution in [3.8, 4) is 0 Å². The van der Waals surface area contributed by atoms with Crippen molar-refractivity contribution in [2.75, 3.05) is 20.1 Å². The van der Waals surface area contributed by atoms with Gasteiger partial charge >= 0.3 is 5.97 Å². The molecule has 4 heteroatoms. The molecule has 0 amide bonds. The minimum absolute atomic E-state index is 0.0106. The fourth-order valence-corrected chi connectivity index (χ4v) is 4.88. The maximum absolute atomic E-state index is 13.1. The predicted octanol–water partition coefficient (Wildman–Crippen LogP) is 3.83. The second-order valence-corrected chi connectivity index (χ2v) is 8.02. The van der Waals surface area contributed by atoms with E-state index in [4.69, 9.17) is 4.74 Å². The van der Waals surface area contributed by atoms with Crippen molar-refractivity contribution < 1.29 is 9.53 Å². The van der Waals surface area contributed by atoms with E-state index in [1.54, 1.807) is 11.3 Å². The van der Waals surface area contributed by atoms with Gasteiger partial charge < -0.3 is 9.64 Å². The summed E-state index contributed by atoms with van der Waals surface area (Å²) in [5.41, 5.74) is -0.450. The van der Waals surface area contributed by atoms with E-state index in [1.807, 2.05) is 0 Å². The summed E-state index contributed by atoms with van der Waals surface area (Å²) in [5.74, 6) is 0.446. The molecule has 2 heterocycles. The average Bonchev–Trinajstić information content (AvgIpc) is 3.22. The lowest BCUT2D eigenvalue weighted by molar-refractivity contribution is -0.160. The fourth-order valence-electron chi connectivity index (χ4n) is 3.92. The molecule has 3 rings (SSSR count). The van der Waals surface area contributed by atoms with Crippen LogP contribution in [-0.4, -0.2) is 37.1 Å². The van der Waals surface area contributed by atoms with Crippen LogP contribution >= 0.6 is 11.3 Å². The van der Waals surface area contributed by atoms with Crippen LogP contribution in [-0.2, 0) is 14.9 Å². The molecule has 1 atom stereocenters. The van der Waals surface area contributed by atoms with E-state index in [1.165, 1.54) is 17.7 Å². The molecule has 1 unspecified atom stereocenters. The van der Waals surface area contributed by atoms with E-state index in [0.29, 0.717) is 5.92 Å². The minimum Gasteiger partial charge on any atom is -0.462 e. The van der Waals surface area contributed by atoms with Gasteiger partial charge in [0, 0.05) is 18.0 Å². The van der Waals surface area contributed by atoms with Gasteiger partial charge in [-0.1, -0.05) is 18.9 Å². The molecule has 22 heavy (non-hydrogen) atoms. The highest BCUT2D eigenvalue weighted by molar-refractivity contribution is 7.10. The number of esters is 1. The molecular weight excluding hydrogens is 294 g/mol. The van der Waals surface area contributed by atoms with Crippen molar-refractivity contribution in [2.24, 2.45) is 5.92 Å². The van der Waals surface area contributed by atoms with E-state index < -0.39 is 5.41 Å². The zero-order chi connectivity index (χ0) is 15.6. The Labute approximate surface area is 137 Å². The summed E-state index contributed by atoms with van der Waals surface area (Å²) in [4.78, 5) is 16.6. The summed E-state index contributed by atoms with van der Waals surface area (Å²) in [6.45, 7) is 4.17. The van der Waals surface area contributed by atoms with E-state index in [0.717, 1.165) is 38.8 Å². The quantitative estimate of drug-likeness (QED) is 0.789. The molecule has 0 bridgehead atoms. The molecule has 1 saturated heterocycles. The highest BCUT2D eigenvalue weighted by Gasteiger charge is 2.46. The SMILES string of the molecule is CN1CCC(OC(=O)C(C)(c2cccs2)C2CCCC2)CC1. The molecule has 0 spiro atoms. The Kier molecular flexibility index (Phi) is 4.88. The minimum atomic E-state index is -0.450. The first-order chi connectivity index (χ1) is 10.6. The molecule has 3 nitrogen and oxygen atoms in total. The summed E-state index contributed by atoms with van der Waals surface area (Å²) >= 11 is 1.70. The van der Waals surface area contributed by atoms with E-state index >= 15 is 0 Å². The summed E-state index contributed by atoms with van der Waals surface area (Å²) < 4.78 is 5.98. The van der Waals surface area contributed by atoms with Gasteiger partial charge in [0.15, 0.2) is 0 Å². The molecule has 1 aliphatic carbocycles. The van der Waals surface area contributed by atoms with Gasteiger partial charge in [0.25, 0.3) is 0 Å². The topological polar surface area (TPSA) is 29.5 Å². The zero-order valence-electron chi connectivity index (χ0n) is 13.7. The number of ether oxygens (including phenoxy) is 1. The smallest absolute Gasteiger partial charge is 0.317 e. The third kappa shape index (κ3) is 3.09. The fraction of sp³-hybridized carbons (Fsp3) is 0.722. The van der Waals surface area contributed by atoms with Gasteiger partial charge in [-0.15, -0.1) is 11.3 Å². The molecule has 0 N–H and O–H groups in total. The summed E-state index contributed by atoms with van der Waals surface area (Å²) in [6.07, 6.45) is 6.82. The van der Waals surface area contributed by atoms with Gasteiger partial charge in [-0.3, -0.25) is 4.79 Å². The van der Waals surface area contributed by atoms with Crippen molar-refractivity contribution in [1.82, 2.24) is 4.90 Å². The molecule has 0 aromatic carbocycles. The zero-order valence-corrected chi connectivity index (χ0v) is 14.5. The Hall–Kier alpha value is -0.870. The first-order valence-electron chi connectivity index (χ1n) is 8.54. The largest absolute Gasteiger partial charge is 0.462 e.